The summed E-state index contributed by atoms with van der Waals surface area (Å²) >= 11 is 1.58. The van der Waals surface area contributed by atoms with Gasteiger partial charge in [0.2, 0.25) is 10.0 Å². The van der Waals surface area contributed by atoms with E-state index in [2.05, 4.69) is 19.9 Å². The third-order valence-corrected chi connectivity index (χ3v) is 8.90. The van der Waals surface area contributed by atoms with Gasteiger partial charge in [0.25, 0.3) is 5.56 Å². The Morgan fingerprint density at radius 1 is 1.34 bits per heavy atom. The van der Waals surface area contributed by atoms with Crippen molar-refractivity contribution in [3.63, 3.8) is 0 Å². The van der Waals surface area contributed by atoms with Crippen LogP contribution in [-0.2, 0) is 21.1 Å². The van der Waals surface area contributed by atoms with Crippen LogP contribution in [0.4, 0.5) is 11.4 Å². The Balaban J connectivity index is 1.60. The van der Waals surface area contributed by atoms with Crippen LogP contribution in [0, 0.1) is 5.92 Å². The fourth-order valence-corrected chi connectivity index (χ4v) is 6.75. The Labute approximate surface area is 205 Å². The number of thioether (sulfide) groups is 1. The monoisotopic (exact) mass is 537 g/mol. The number of sulfonamides is 1. The highest BCUT2D eigenvalue weighted by Gasteiger charge is 2.34. The van der Waals surface area contributed by atoms with Gasteiger partial charge in [-0.2, -0.15) is 9.86 Å². The van der Waals surface area contributed by atoms with Gasteiger partial charge in [0, 0.05) is 18.0 Å². The van der Waals surface area contributed by atoms with Gasteiger partial charge in [-0.15, -0.1) is 11.8 Å². The van der Waals surface area contributed by atoms with Gasteiger partial charge in [-0.1, -0.05) is 12.8 Å². The van der Waals surface area contributed by atoms with Gasteiger partial charge in [-0.05, 0) is 47.9 Å². The Bertz CT molecular complexity index is 1500. The maximum absolute atomic E-state index is 13.4. The van der Waals surface area contributed by atoms with E-state index in [1.807, 2.05) is 5.41 Å². The number of fused-ring (bicyclic) bond motifs is 1. The fraction of sp³-hybridized carbons (Fsp3) is 0.381. The number of anilines is 2. The highest BCUT2D eigenvalue weighted by Crippen LogP contribution is 2.48. The zero-order valence-electron chi connectivity index (χ0n) is 18.8. The summed E-state index contributed by atoms with van der Waals surface area (Å²) in [5.74, 6) is 0.756. The second-order valence-corrected chi connectivity index (χ2v) is 13.3. The molecule has 1 fully saturated rings. The van der Waals surface area contributed by atoms with Crippen LogP contribution in [0.25, 0.3) is 5.57 Å². The van der Waals surface area contributed by atoms with Crippen LogP contribution >= 0.6 is 19.3 Å². The van der Waals surface area contributed by atoms with Crippen LogP contribution in [0.1, 0.15) is 36.9 Å². The van der Waals surface area contributed by atoms with E-state index in [-0.39, 0.29) is 33.8 Å². The van der Waals surface area contributed by atoms with E-state index < -0.39 is 28.9 Å². The van der Waals surface area contributed by atoms with Crippen LogP contribution in [0.2, 0.25) is 0 Å². The van der Waals surface area contributed by atoms with Crippen molar-refractivity contribution in [3.05, 3.63) is 45.2 Å². The van der Waals surface area contributed by atoms with Crippen molar-refractivity contribution in [2.24, 2.45) is 10.7 Å². The molecule has 4 N–H and O–H groups in total. The van der Waals surface area contributed by atoms with Gasteiger partial charge in [0.15, 0.2) is 11.6 Å². The number of amidine groups is 1. The quantitative estimate of drug-likeness (QED) is 0.388. The lowest BCUT2D eigenvalue weighted by atomic mass is 10.1. The average molecular weight is 538 g/mol. The molecule has 3 aliphatic rings. The van der Waals surface area contributed by atoms with Crippen LogP contribution in [0.15, 0.2) is 33.2 Å². The molecular formula is C21H24N5O6PS2. The van der Waals surface area contributed by atoms with Crippen molar-refractivity contribution in [1.82, 2.24) is 9.78 Å². The summed E-state index contributed by atoms with van der Waals surface area (Å²) < 4.78 is 43.7. The number of hydrogen-bond acceptors (Lipinski definition) is 8. The van der Waals surface area contributed by atoms with Crippen LogP contribution in [0.3, 0.4) is 0 Å². The predicted octanol–water partition coefficient (Wildman–Crippen LogP) is 2.28. The van der Waals surface area contributed by atoms with E-state index in [0.717, 1.165) is 36.8 Å². The molecular weight excluding hydrogens is 513 g/mol. The first-order chi connectivity index (χ1) is 16.5. The summed E-state index contributed by atoms with van der Waals surface area (Å²) in [6.07, 6.45) is 4.65. The first-order valence-electron chi connectivity index (χ1n) is 11.0. The Morgan fingerprint density at radius 3 is 2.77 bits per heavy atom. The Morgan fingerprint density at radius 2 is 2.11 bits per heavy atom. The number of hydrogen-bond donors (Lipinski definition) is 4. The maximum Gasteiger partial charge on any atom is 0.346 e. The molecule has 11 nitrogen and oxygen atoms in total. The molecule has 35 heavy (non-hydrogen) atoms. The molecule has 2 aliphatic heterocycles. The van der Waals surface area contributed by atoms with Crippen LogP contribution < -0.4 is 20.9 Å². The number of nitrogens with zero attached hydrogens (tertiary/aromatic N) is 3. The number of aromatic nitrogens is 2. The molecule has 14 heteroatoms. The molecule has 0 bridgehead atoms. The second-order valence-electron chi connectivity index (χ2n) is 8.82. The first-order valence-corrected chi connectivity index (χ1v) is 15.5. The molecule has 1 aliphatic carbocycles. The fourth-order valence-electron chi connectivity index (χ4n) is 4.03. The molecule has 0 radical (unpaired) electrons. The van der Waals surface area contributed by atoms with Crippen LogP contribution in [-0.4, -0.2) is 46.0 Å². The minimum absolute atomic E-state index is 0.100. The van der Waals surface area contributed by atoms with Gasteiger partial charge in [-0.25, -0.2) is 13.1 Å². The highest BCUT2D eigenvalue weighted by molar-refractivity contribution is 8.02. The third kappa shape index (κ3) is 5.04. The van der Waals surface area contributed by atoms with Crippen molar-refractivity contribution < 1.29 is 23.0 Å². The SMILES string of the molecule is CS(=O)(=O)Nc1ccc2c(c1)P(=O)(O)N=C(c1c(O)c(C3=CSCC3)nn(CCC3CC3)c1=O)N2. The van der Waals surface area contributed by atoms with Crippen molar-refractivity contribution in [3.8, 4) is 5.75 Å². The zero-order chi connectivity index (χ0) is 25.0. The molecule has 0 amide bonds. The van der Waals surface area contributed by atoms with Gasteiger partial charge >= 0.3 is 7.52 Å². The lowest BCUT2D eigenvalue weighted by molar-refractivity contribution is 0.448. The molecule has 1 atom stereocenters. The number of rotatable bonds is 7. The summed E-state index contributed by atoms with van der Waals surface area (Å²) in [5.41, 5.74) is 0.496. The molecule has 1 unspecified atom stereocenters. The van der Waals surface area contributed by atoms with E-state index in [4.69, 9.17) is 0 Å². The Kier molecular flexibility index (Phi) is 6.07. The van der Waals surface area contributed by atoms with Gasteiger partial charge in [-0.3, -0.25) is 14.1 Å². The maximum atomic E-state index is 13.4. The predicted molar refractivity (Wildman–Crippen MR) is 137 cm³/mol. The molecule has 0 spiro atoms. The largest absolute Gasteiger partial charge is 0.505 e. The number of benzene rings is 1. The van der Waals surface area contributed by atoms with Gasteiger partial charge in [0.05, 0.1) is 17.2 Å². The van der Waals surface area contributed by atoms with Gasteiger partial charge in [0.1, 0.15) is 11.3 Å². The van der Waals surface area contributed by atoms with E-state index in [1.54, 1.807) is 11.8 Å². The van der Waals surface area contributed by atoms with E-state index in [9.17, 15) is 27.8 Å². The number of aryl methyl sites for hydroxylation is 1. The van der Waals surface area contributed by atoms with Crippen molar-refractivity contribution in [2.45, 2.75) is 32.2 Å². The molecule has 0 saturated heterocycles. The molecule has 1 saturated carbocycles. The highest BCUT2D eigenvalue weighted by atomic mass is 32.2. The zero-order valence-corrected chi connectivity index (χ0v) is 21.3. The van der Waals surface area contributed by atoms with Gasteiger partial charge < -0.3 is 15.3 Å². The summed E-state index contributed by atoms with van der Waals surface area (Å²) in [6, 6.07) is 4.06. The summed E-state index contributed by atoms with van der Waals surface area (Å²) in [7, 11) is -8.01. The second kappa shape index (κ2) is 8.81. The first kappa shape index (κ1) is 24.1. The van der Waals surface area contributed by atoms with E-state index in [0.29, 0.717) is 18.9 Å². The lowest BCUT2D eigenvalue weighted by Crippen LogP contribution is -2.35. The minimum atomic E-state index is -4.41. The topological polar surface area (TPSA) is 163 Å². The summed E-state index contributed by atoms with van der Waals surface area (Å²) in [5, 5.41) is 20.2. The van der Waals surface area contributed by atoms with Crippen LogP contribution in [0.5, 0.6) is 5.75 Å². The van der Waals surface area contributed by atoms with Crippen molar-refractivity contribution in [2.75, 3.05) is 22.0 Å². The normalized spacial score (nSPS) is 21.7. The molecule has 3 heterocycles. The Hall–Kier alpha value is -2.60. The van der Waals surface area contributed by atoms with Crippen molar-refractivity contribution >= 4 is 57.4 Å². The molecule has 186 valence electrons. The standard InChI is InChI=1S/C21H24N5O6PS2/c1-35(31,32)25-14-4-5-15-16(10-14)33(29,30)24-20(22-15)17-19(27)18(13-7-9-34-11-13)23-26(21(17)28)8-6-12-2-3-12/h4-5,10-12,25,27H,2-3,6-9H2,1H3,(H2,22,24,29,30). The molecule has 2 aromatic rings. The number of allylic oxidation sites excluding steroid dienone is 1. The van der Waals surface area contributed by atoms with E-state index in [1.165, 1.54) is 22.9 Å². The van der Waals surface area contributed by atoms with Crippen molar-refractivity contribution in [1.29, 1.82) is 0 Å². The molecule has 1 aromatic heterocycles. The molecule has 5 rings (SSSR count). The number of nitrogens with one attached hydrogen (secondary N) is 2. The molecule has 1 aromatic carbocycles. The minimum Gasteiger partial charge on any atom is -0.505 e. The number of aromatic hydroxyl groups is 1. The lowest BCUT2D eigenvalue weighted by Gasteiger charge is -2.23. The van der Waals surface area contributed by atoms with E-state index >= 15 is 0 Å². The summed E-state index contributed by atoms with van der Waals surface area (Å²) in [4.78, 5) is 24.1. The summed E-state index contributed by atoms with van der Waals surface area (Å²) in [6.45, 7) is 0.366. The average Bonchev–Trinajstić information content (AvgIpc) is 3.43. The smallest absolute Gasteiger partial charge is 0.346 e. The third-order valence-electron chi connectivity index (χ3n) is 5.94.